The zero-order valence-corrected chi connectivity index (χ0v) is 12.7. The van der Waals surface area contributed by atoms with Crippen LogP contribution in [0, 0.1) is 5.82 Å². The monoisotopic (exact) mass is 333 g/mol. The molecule has 4 nitrogen and oxygen atoms in total. The molecule has 0 fully saturated rings. The molecule has 6 heteroatoms. The minimum Gasteiger partial charge on any atom is -0.488 e. The Morgan fingerprint density at radius 2 is 2.13 bits per heavy atom. The molecule has 0 aliphatic heterocycles. The van der Waals surface area contributed by atoms with Crippen molar-refractivity contribution in [1.82, 2.24) is 4.98 Å². The molecule has 0 saturated heterocycles. The van der Waals surface area contributed by atoms with Crippen LogP contribution in [-0.2, 0) is 0 Å². The minimum absolute atomic E-state index is 0.0228. The quantitative estimate of drug-likeness (QED) is 0.698. The Hall–Kier alpha value is -2.37. The number of fused-ring (bicyclic) bond motifs is 1. The lowest BCUT2D eigenvalue weighted by molar-refractivity contribution is 0.112. The number of aldehydes is 1. The van der Waals surface area contributed by atoms with Crippen LogP contribution in [0.2, 0.25) is 5.02 Å². The second-order valence-corrected chi connectivity index (χ2v) is 5.36. The first-order valence-corrected chi connectivity index (χ1v) is 7.31. The van der Waals surface area contributed by atoms with Crippen LogP contribution in [0.5, 0.6) is 5.75 Å². The number of carbonyl (C=O) groups is 1. The fourth-order valence-electron chi connectivity index (χ4n) is 2.42. The lowest BCUT2D eigenvalue weighted by Gasteiger charge is -2.09. The highest BCUT2D eigenvalue weighted by Crippen LogP contribution is 2.34. The van der Waals surface area contributed by atoms with Gasteiger partial charge in [0.1, 0.15) is 6.61 Å². The van der Waals surface area contributed by atoms with Crippen molar-refractivity contribution in [2.24, 2.45) is 0 Å². The van der Waals surface area contributed by atoms with Gasteiger partial charge in [0.25, 0.3) is 0 Å². The number of aliphatic hydroxyl groups excluding tert-OH is 1. The maximum atomic E-state index is 14.1. The molecule has 118 valence electrons. The molecule has 0 spiro atoms. The molecular formula is C17H13ClFNO3. The molecule has 23 heavy (non-hydrogen) atoms. The zero-order chi connectivity index (χ0) is 16.4. The van der Waals surface area contributed by atoms with Gasteiger partial charge in [0.05, 0.1) is 11.6 Å². The molecule has 0 aliphatic carbocycles. The van der Waals surface area contributed by atoms with Gasteiger partial charge in [-0.1, -0.05) is 17.7 Å². The van der Waals surface area contributed by atoms with E-state index in [1.807, 2.05) is 0 Å². The molecule has 0 unspecified atom stereocenters. The number of aliphatic hydroxyl groups is 1. The number of hydrogen-bond acceptors (Lipinski definition) is 3. The van der Waals surface area contributed by atoms with Crippen molar-refractivity contribution in [2.75, 3.05) is 13.2 Å². The van der Waals surface area contributed by atoms with Gasteiger partial charge in [0, 0.05) is 28.2 Å². The standard InChI is InChI=1S/C17H13ClFNO3/c18-14-7-16-13(11(9-22)8-20-16)6-12(14)10-1-2-17(15(19)5-10)23-4-3-21/h1-2,5-9,20-21H,3-4H2. The van der Waals surface area contributed by atoms with Crippen LogP contribution in [0.3, 0.4) is 0 Å². The summed E-state index contributed by atoms with van der Waals surface area (Å²) in [5, 5.41) is 9.89. The average Bonchev–Trinajstić information content (AvgIpc) is 2.94. The van der Waals surface area contributed by atoms with Gasteiger partial charge in [-0.3, -0.25) is 4.79 Å². The number of halogens is 2. The Balaban J connectivity index is 2.07. The van der Waals surface area contributed by atoms with E-state index in [0.29, 0.717) is 21.7 Å². The van der Waals surface area contributed by atoms with Gasteiger partial charge >= 0.3 is 0 Å². The largest absolute Gasteiger partial charge is 0.488 e. The van der Waals surface area contributed by atoms with Crippen LogP contribution in [0.1, 0.15) is 10.4 Å². The summed E-state index contributed by atoms with van der Waals surface area (Å²) in [5.41, 5.74) is 2.45. The summed E-state index contributed by atoms with van der Waals surface area (Å²) in [6, 6.07) is 7.93. The Morgan fingerprint density at radius 3 is 2.83 bits per heavy atom. The van der Waals surface area contributed by atoms with Gasteiger partial charge < -0.3 is 14.8 Å². The van der Waals surface area contributed by atoms with Crippen LogP contribution >= 0.6 is 11.6 Å². The van der Waals surface area contributed by atoms with E-state index in [9.17, 15) is 9.18 Å². The summed E-state index contributed by atoms with van der Waals surface area (Å²) in [5.74, 6) is -0.480. The van der Waals surface area contributed by atoms with Gasteiger partial charge in [-0.15, -0.1) is 0 Å². The van der Waals surface area contributed by atoms with Crippen molar-refractivity contribution in [3.63, 3.8) is 0 Å². The van der Waals surface area contributed by atoms with Crippen LogP contribution in [0.25, 0.3) is 22.0 Å². The second-order valence-electron chi connectivity index (χ2n) is 4.96. The minimum atomic E-state index is -0.545. The molecule has 0 radical (unpaired) electrons. The van der Waals surface area contributed by atoms with Crippen molar-refractivity contribution in [2.45, 2.75) is 0 Å². The highest BCUT2D eigenvalue weighted by atomic mass is 35.5. The molecule has 2 aromatic carbocycles. The van der Waals surface area contributed by atoms with Gasteiger partial charge in [-0.2, -0.15) is 0 Å². The van der Waals surface area contributed by atoms with Crippen LogP contribution in [0.15, 0.2) is 36.5 Å². The van der Waals surface area contributed by atoms with Gasteiger partial charge in [-0.05, 0) is 29.8 Å². The first-order valence-electron chi connectivity index (χ1n) is 6.93. The van der Waals surface area contributed by atoms with Crippen LogP contribution < -0.4 is 4.74 Å². The van der Waals surface area contributed by atoms with E-state index in [1.54, 1.807) is 24.4 Å². The third kappa shape index (κ3) is 2.93. The van der Waals surface area contributed by atoms with Crippen molar-refractivity contribution >= 4 is 28.8 Å². The second kappa shape index (κ2) is 6.40. The topological polar surface area (TPSA) is 62.3 Å². The molecule has 0 atom stereocenters. The third-order valence-electron chi connectivity index (χ3n) is 3.52. The molecule has 3 aromatic rings. The van der Waals surface area contributed by atoms with Gasteiger partial charge in [0.15, 0.2) is 17.9 Å². The predicted octanol–water partition coefficient (Wildman–Crippen LogP) is 3.81. The average molecular weight is 334 g/mol. The summed E-state index contributed by atoms with van der Waals surface area (Å²) in [6.45, 7) is -0.166. The molecule has 3 rings (SSSR count). The Kier molecular flexibility index (Phi) is 4.32. The summed E-state index contributed by atoms with van der Waals surface area (Å²) >= 11 is 6.27. The van der Waals surface area contributed by atoms with E-state index >= 15 is 0 Å². The van der Waals surface area contributed by atoms with Crippen molar-refractivity contribution in [1.29, 1.82) is 0 Å². The van der Waals surface area contributed by atoms with E-state index in [0.717, 1.165) is 17.2 Å². The van der Waals surface area contributed by atoms with Crippen LogP contribution in [0.4, 0.5) is 4.39 Å². The number of aromatic amines is 1. The predicted molar refractivity (Wildman–Crippen MR) is 86.7 cm³/mol. The Bertz CT molecular complexity index is 876. The highest BCUT2D eigenvalue weighted by molar-refractivity contribution is 6.34. The first kappa shape index (κ1) is 15.5. The molecule has 0 saturated carbocycles. The molecular weight excluding hydrogens is 321 g/mol. The molecule has 1 aromatic heterocycles. The highest BCUT2D eigenvalue weighted by Gasteiger charge is 2.12. The fraction of sp³-hybridized carbons (Fsp3) is 0.118. The summed E-state index contributed by atoms with van der Waals surface area (Å²) < 4.78 is 19.2. The number of benzene rings is 2. The summed E-state index contributed by atoms with van der Waals surface area (Å²) in [4.78, 5) is 14.0. The van der Waals surface area contributed by atoms with Gasteiger partial charge in [0.2, 0.25) is 0 Å². The molecule has 0 aliphatic rings. The van der Waals surface area contributed by atoms with E-state index in [2.05, 4.69) is 4.98 Å². The molecule has 2 N–H and O–H groups in total. The number of hydrogen-bond donors (Lipinski definition) is 2. The van der Waals surface area contributed by atoms with E-state index in [1.165, 1.54) is 12.1 Å². The summed E-state index contributed by atoms with van der Waals surface area (Å²) in [7, 11) is 0. The maximum absolute atomic E-state index is 14.1. The van der Waals surface area contributed by atoms with Gasteiger partial charge in [-0.25, -0.2) is 4.39 Å². The zero-order valence-electron chi connectivity index (χ0n) is 12.0. The smallest absolute Gasteiger partial charge is 0.165 e. The Labute approximate surface area is 136 Å². The van der Waals surface area contributed by atoms with E-state index in [4.69, 9.17) is 21.4 Å². The van der Waals surface area contributed by atoms with Crippen molar-refractivity contribution in [3.05, 3.63) is 52.9 Å². The SMILES string of the molecule is O=Cc1c[nH]c2cc(Cl)c(-c3ccc(OCCO)c(F)c3)cc12. The molecule has 1 heterocycles. The normalized spacial score (nSPS) is 10.9. The molecule has 0 amide bonds. The number of rotatable bonds is 5. The lowest BCUT2D eigenvalue weighted by atomic mass is 10.0. The van der Waals surface area contributed by atoms with E-state index < -0.39 is 5.82 Å². The third-order valence-corrected chi connectivity index (χ3v) is 3.83. The van der Waals surface area contributed by atoms with Crippen LogP contribution in [-0.4, -0.2) is 29.6 Å². The number of carbonyl (C=O) groups excluding carboxylic acids is 1. The fourth-order valence-corrected chi connectivity index (χ4v) is 2.70. The van der Waals surface area contributed by atoms with Crippen molar-refractivity contribution in [3.8, 4) is 16.9 Å². The number of aromatic nitrogens is 1. The number of ether oxygens (including phenoxy) is 1. The maximum Gasteiger partial charge on any atom is 0.165 e. The Morgan fingerprint density at radius 1 is 1.30 bits per heavy atom. The van der Waals surface area contributed by atoms with E-state index in [-0.39, 0.29) is 19.0 Å². The summed E-state index contributed by atoms with van der Waals surface area (Å²) in [6.07, 6.45) is 2.35. The van der Waals surface area contributed by atoms with Crippen molar-refractivity contribution < 1.29 is 19.0 Å². The lowest BCUT2D eigenvalue weighted by Crippen LogP contribution is -2.03. The molecule has 0 bridgehead atoms. The first-order chi connectivity index (χ1) is 11.1. The number of H-pyrrole nitrogens is 1. The number of nitrogens with one attached hydrogen (secondary N) is 1.